The number of nitrogens with zero attached hydrogens (tertiary/aromatic N) is 2. The summed E-state index contributed by atoms with van der Waals surface area (Å²) in [6.45, 7) is 5.02. The zero-order valence-electron chi connectivity index (χ0n) is 16.7. The van der Waals surface area contributed by atoms with E-state index in [0.717, 1.165) is 55.5 Å². The molecule has 0 radical (unpaired) electrons. The summed E-state index contributed by atoms with van der Waals surface area (Å²) in [6, 6.07) is 13.6. The van der Waals surface area contributed by atoms with Gasteiger partial charge in [0.25, 0.3) is 0 Å². The Morgan fingerprint density at radius 2 is 1.79 bits per heavy atom. The van der Waals surface area contributed by atoms with E-state index in [0.29, 0.717) is 25.5 Å². The second kappa shape index (κ2) is 9.05. The molecule has 7 nitrogen and oxygen atoms in total. The third-order valence-corrected chi connectivity index (χ3v) is 5.20. The lowest BCUT2D eigenvalue weighted by molar-refractivity contribution is -0.117. The van der Waals surface area contributed by atoms with Crippen molar-refractivity contribution in [1.82, 2.24) is 4.90 Å². The van der Waals surface area contributed by atoms with Crippen LogP contribution < -0.4 is 24.4 Å². The van der Waals surface area contributed by atoms with Crippen molar-refractivity contribution < 1.29 is 19.0 Å². The fourth-order valence-corrected chi connectivity index (χ4v) is 3.68. The molecule has 0 saturated carbocycles. The number of hydrogen-bond donors (Lipinski definition) is 1. The third kappa shape index (κ3) is 4.74. The Morgan fingerprint density at radius 3 is 2.59 bits per heavy atom. The van der Waals surface area contributed by atoms with Crippen molar-refractivity contribution in [2.75, 3.05) is 63.3 Å². The molecule has 1 N–H and O–H groups in total. The van der Waals surface area contributed by atoms with Crippen LogP contribution in [0.2, 0.25) is 0 Å². The van der Waals surface area contributed by atoms with E-state index < -0.39 is 0 Å². The molecule has 0 unspecified atom stereocenters. The van der Waals surface area contributed by atoms with Gasteiger partial charge in [-0.15, -0.1) is 0 Å². The molecule has 2 aliphatic rings. The highest BCUT2D eigenvalue weighted by Crippen LogP contribution is 2.32. The van der Waals surface area contributed by atoms with Crippen LogP contribution in [0.4, 0.5) is 11.4 Å². The van der Waals surface area contributed by atoms with Crippen molar-refractivity contribution in [2.45, 2.75) is 6.42 Å². The first-order valence-electron chi connectivity index (χ1n) is 10.0. The minimum atomic E-state index is -0.0229. The van der Waals surface area contributed by atoms with Crippen molar-refractivity contribution in [2.24, 2.45) is 0 Å². The number of amides is 1. The zero-order chi connectivity index (χ0) is 20.1. The van der Waals surface area contributed by atoms with E-state index in [9.17, 15) is 4.79 Å². The number of ether oxygens (including phenoxy) is 3. The van der Waals surface area contributed by atoms with Gasteiger partial charge in [0.05, 0.1) is 32.6 Å². The molecule has 7 heteroatoms. The molecule has 2 aromatic rings. The number of benzene rings is 2. The summed E-state index contributed by atoms with van der Waals surface area (Å²) in [5.74, 6) is 2.28. The monoisotopic (exact) mass is 397 g/mol. The van der Waals surface area contributed by atoms with E-state index in [-0.39, 0.29) is 5.91 Å². The maximum atomic E-state index is 12.5. The number of hydrogen-bond acceptors (Lipinski definition) is 6. The number of fused-ring (bicyclic) bond motifs is 1. The van der Waals surface area contributed by atoms with Crippen LogP contribution in [0, 0.1) is 0 Å². The summed E-state index contributed by atoms with van der Waals surface area (Å²) < 4.78 is 16.8. The van der Waals surface area contributed by atoms with Gasteiger partial charge in [-0.25, -0.2) is 0 Å². The number of piperazine rings is 1. The minimum absolute atomic E-state index is 0.0229. The Bertz CT molecular complexity index is 850. The Kier molecular flexibility index (Phi) is 6.05. The Balaban J connectivity index is 1.29. The molecule has 0 aliphatic carbocycles. The smallest absolute Gasteiger partial charge is 0.238 e. The molecule has 0 aromatic heterocycles. The zero-order valence-corrected chi connectivity index (χ0v) is 16.7. The first kappa shape index (κ1) is 19.4. The standard InChI is InChI=1S/C22H27N3O4/c1-27-19-6-3-2-5-18(19)25-11-9-24(10-12-25)16-22(26)23-17-7-8-20-21(15-17)29-14-4-13-28-20/h2-3,5-8,15H,4,9-14,16H2,1H3,(H,23,26). The first-order valence-corrected chi connectivity index (χ1v) is 10.0. The molecule has 0 atom stereocenters. The van der Waals surface area contributed by atoms with Crippen molar-refractivity contribution in [3.63, 3.8) is 0 Å². The van der Waals surface area contributed by atoms with Crippen LogP contribution >= 0.6 is 0 Å². The molecule has 154 valence electrons. The summed E-state index contributed by atoms with van der Waals surface area (Å²) >= 11 is 0. The van der Waals surface area contributed by atoms with Gasteiger partial charge >= 0.3 is 0 Å². The van der Waals surface area contributed by atoms with Crippen LogP contribution in [-0.2, 0) is 4.79 Å². The number of para-hydroxylation sites is 2. The van der Waals surface area contributed by atoms with Crippen LogP contribution in [0.1, 0.15) is 6.42 Å². The van der Waals surface area contributed by atoms with Crippen molar-refractivity contribution in [3.05, 3.63) is 42.5 Å². The number of anilines is 2. The lowest BCUT2D eigenvalue weighted by Crippen LogP contribution is -2.48. The Morgan fingerprint density at radius 1 is 1.03 bits per heavy atom. The number of carbonyl (C=O) groups is 1. The Hall–Kier alpha value is -2.93. The molecular formula is C22H27N3O4. The van der Waals surface area contributed by atoms with Gasteiger partial charge in [0.1, 0.15) is 5.75 Å². The van der Waals surface area contributed by atoms with Gasteiger partial charge in [-0.1, -0.05) is 12.1 Å². The van der Waals surface area contributed by atoms with E-state index in [1.54, 1.807) is 7.11 Å². The number of nitrogens with one attached hydrogen (secondary N) is 1. The van der Waals surface area contributed by atoms with E-state index in [1.807, 2.05) is 36.4 Å². The lowest BCUT2D eigenvalue weighted by Gasteiger charge is -2.36. The van der Waals surface area contributed by atoms with E-state index in [2.05, 4.69) is 21.2 Å². The molecule has 29 heavy (non-hydrogen) atoms. The van der Waals surface area contributed by atoms with Crippen molar-refractivity contribution in [1.29, 1.82) is 0 Å². The topological polar surface area (TPSA) is 63.3 Å². The highest BCUT2D eigenvalue weighted by atomic mass is 16.5. The van der Waals surface area contributed by atoms with Gasteiger partial charge < -0.3 is 24.4 Å². The second-order valence-electron chi connectivity index (χ2n) is 7.20. The molecule has 0 spiro atoms. The molecule has 2 aliphatic heterocycles. The van der Waals surface area contributed by atoms with Crippen LogP contribution in [-0.4, -0.2) is 63.9 Å². The lowest BCUT2D eigenvalue weighted by atomic mass is 10.2. The predicted molar refractivity (Wildman–Crippen MR) is 112 cm³/mol. The van der Waals surface area contributed by atoms with Gasteiger partial charge in [-0.2, -0.15) is 0 Å². The summed E-state index contributed by atoms with van der Waals surface area (Å²) in [5, 5.41) is 2.97. The molecule has 2 heterocycles. The molecule has 1 saturated heterocycles. The average molecular weight is 397 g/mol. The van der Waals surface area contributed by atoms with Crippen LogP contribution in [0.15, 0.2) is 42.5 Å². The highest BCUT2D eigenvalue weighted by Gasteiger charge is 2.21. The van der Waals surface area contributed by atoms with Gasteiger partial charge in [-0.3, -0.25) is 9.69 Å². The van der Waals surface area contributed by atoms with Gasteiger partial charge in [0.15, 0.2) is 11.5 Å². The van der Waals surface area contributed by atoms with E-state index in [1.165, 1.54) is 0 Å². The number of carbonyl (C=O) groups excluding carboxylic acids is 1. The molecular weight excluding hydrogens is 370 g/mol. The molecule has 1 fully saturated rings. The Labute approximate surface area is 171 Å². The number of methoxy groups -OCH3 is 1. The summed E-state index contributed by atoms with van der Waals surface area (Å²) in [4.78, 5) is 17.0. The molecule has 2 aromatic carbocycles. The summed E-state index contributed by atoms with van der Waals surface area (Å²) in [7, 11) is 1.69. The highest BCUT2D eigenvalue weighted by molar-refractivity contribution is 5.92. The number of rotatable bonds is 5. The SMILES string of the molecule is COc1ccccc1N1CCN(CC(=O)Nc2ccc3c(c2)OCCCO3)CC1. The minimum Gasteiger partial charge on any atom is -0.495 e. The fraction of sp³-hybridized carbons (Fsp3) is 0.409. The van der Waals surface area contributed by atoms with E-state index in [4.69, 9.17) is 14.2 Å². The van der Waals surface area contributed by atoms with Crippen LogP contribution in [0.5, 0.6) is 17.2 Å². The summed E-state index contributed by atoms with van der Waals surface area (Å²) in [5.41, 5.74) is 1.83. The summed E-state index contributed by atoms with van der Waals surface area (Å²) in [6.07, 6.45) is 0.858. The predicted octanol–water partition coefficient (Wildman–Crippen LogP) is 2.62. The molecule has 4 rings (SSSR count). The normalized spacial score (nSPS) is 16.8. The quantitative estimate of drug-likeness (QED) is 0.837. The van der Waals surface area contributed by atoms with Crippen molar-refractivity contribution >= 4 is 17.3 Å². The molecule has 1 amide bonds. The van der Waals surface area contributed by atoms with E-state index >= 15 is 0 Å². The fourth-order valence-electron chi connectivity index (χ4n) is 3.68. The van der Waals surface area contributed by atoms with Crippen molar-refractivity contribution in [3.8, 4) is 17.2 Å². The third-order valence-electron chi connectivity index (χ3n) is 5.20. The largest absolute Gasteiger partial charge is 0.495 e. The maximum Gasteiger partial charge on any atom is 0.238 e. The van der Waals surface area contributed by atoms with Crippen LogP contribution in [0.3, 0.4) is 0 Å². The van der Waals surface area contributed by atoms with Gasteiger partial charge in [0.2, 0.25) is 5.91 Å². The molecule has 0 bridgehead atoms. The first-order chi connectivity index (χ1) is 14.2. The van der Waals surface area contributed by atoms with Crippen LogP contribution in [0.25, 0.3) is 0 Å². The average Bonchev–Trinajstić information content (AvgIpc) is 2.99. The van der Waals surface area contributed by atoms with Gasteiger partial charge in [0, 0.05) is 44.4 Å². The maximum absolute atomic E-state index is 12.5. The second-order valence-corrected chi connectivity index (χ2v) is 7.20. The van der Waals surface area contributed by atoms with Gasteiger partial charge in [-0.05, 0) is 24.3 Å².